The zero-order valence-corrected chi connectivity index (χ0v) is 16.8. The van der Waals surface area contributed by atoms with Gasteiger partial charge in [-0.25, -0.2) is 4.79 Å². The van der Waals surface area contributed by atoms with E-state index in [2.05, 4.69) is 15.9 Å². The van der Waals surface area contributed by atoms with Crippen molar-refractivity contribution in [1.82, 2.24) is 4.57 Å². The van der Waals surface area contributed by atoms with Gasteiger partial charge in [-0.05, 0) is 58.3 Å². The number of ether oxygens (including phenoxy) is 1. The maximum atomic E-state index is 12.8. The summed E-state index contributed by atoms with van der Waals surface area (Å²) >= 11 is 1.98. The lowest BCUT2D eigenvalue weighted by atomic mass is 10.1. The molecule has 5 nitrogen and oxygen atoms in total. The highest BCUT2D eigenvalue weighted by Crippen LogP contribution is 2.35. The Bertz CT molecular complexity index is 955. The second-order valence-corrected chi connectivity index (χ2v) is 8.03. The van der Waals surface area contributed by atoms with Crippen LogP contribution in [-0.4, -0.2) is 26.8 Å². The highest BCUT2D eigenvalue weighted by Gasteiger charge is 2.27. The van der Waals surface area contributed by atoms with Gasteiger partial charge >= 0.3 is 5.97 Å². The van der Waals surface area contributed by atoms with Crippen LogP contribution in [0.15, 0.2) is 51.8 Å². The number of hydrogen-bond acceptors (Lipinski definition) is 4. The molecule has 1 atom stereocenters. The molecule has 0 spiro atoms. The molecule has 3 aromatic rings. The fraction of sp³-hybridized carbons (Fsp3) is 0.211. The summed E-state index contributed by atoms with van der Waals surface area (Å²) in [6.07, 6.45) is 0. The average molecular weight is 436 g/mol. The summed E-state index contributed by atoms with van der Waals surface area (Å²) in [4.78, 5) is 13.3. The van der Waals surface area contributed by atoms with Crippen LogP contribution in [0.4, 0.5) is 0 Å². The summed E-state index contributed by atoms with van der Waals surface area (Å²) in [7, 11) is 1.81. The van der Waals surface area contributed by atoms with E-state index in [1.165, 1.54) is 6.07 Å². The number of phenols is 1. The molecule has 0 aliphatic rings. The molecule has 0 radical (unpaired) electrons. The molecule has 1 heterocycles. The van der Waals surface area contributed by atoms with E-state index in [1.54, 1.807) is 25.1 Å². The highest BCUT2D eigenvalue weighted by atomic mass is 79.9. The number of fused-ring (bicyclic) bond motifs is 1. The molecule has 7 heteroatoms. The normalized spacial score (nSPS) is 12.3. The average Bonchev–Trinajstić information content (AvgIpc) is 2.88. The number of aryl methyl sites for hydroxylation is 1. The molecule has 3 rings (SSSR count). The van der Waals surface area contributed by atoms with Crippen LogP contribution in [0.3, 0.4) is 0 Å². The van der Waals surface area contributed by atoms with Gasteiger partial charge in [0, 0.05) is 12.4 Å². The minimum Gasteiger partial charge on any atom is -0.611 e. The molecule has 0 aliphatic carbocycles. The number of esters is 1. The Morgan fingerprint density at radius 3 is 2.65 bits per heavy atom. The Kier molecular flexibility index (Phi) is 5.60. The molecule has 0 bridgehead atoms. The molecule has 0 amide bonds. The molecule has 1 aromatic heterocycles. The van der Waals surface area contributed by atoms with E-state index in [4.69, 9.17) is 4.74 Å². The van der Waals surface area contributed by atoms with E-state index < -0.39 is 17.1 Å². The zero-order valence-electron chi connectivity index (χ0n) is 14.4. The molecule has 2 aromatic carbocycles. The van der Waals surface area contributed by atoms with Gasteiger partial charge in [-0.3, -0.25) is 0 Å². The van der Waals surface area contributed by atoms with Gasteiger partial charge in [0.25, 0.3) is 0 Å². The van der Waals surface area contributed by atoms with Crippen LogP contribution < -0.4 is 0 Å². The maximum absolute atomic E-state index is 12.8. The molecule has 1 unspecified atom stereocenters. The van der Waals surface area contributed by atoms with Crippen LogP contribution in [0.5, 0.6) is 5.75 Å². The molecular weight excluding hydrogens is 418 g/mol. The number of nitrogens with zero attached hydrogens (tertiary/aromatic N) is 1. The van der Waals surface area contributed by atoms with Gasteiger partial charge in [0.15, 0.2) is 10.6 Å². The number of aromatic hydroxyl groups is 1. The van der Waals surface area contributed by atoms with Gasteiger partial charge in [-0.2, -0.15) is 0 Å². The van der Waals surface area contributed by atoms with E-state index in [-0.39, 0.29) is 18.1 Å². The lowest BCUT2D eigenvalue weighted by molar-refractivity contribution is 0.0527. The fourth-order valence-electron chi connectivity index (χ4n) is 2.88. The van der Waals surface area contributed by atoms with E-state index in [9.17, 15) is 14.5 Å². The van der Waals surface area contributed by atoms with E-state index in [1.807, 2.05) is 29.8 Å². The molecule has 0 fully saturated rings. The first-order chi connectivity index (χ1) is 12.4. The van der Waals surface area contributed by atoms with Crippen LogP contribution in [0.1, 0.15) is 23.0 Å². The number of benzene rings is 2. The number of phenolic OH excluding ortho intramolecular Hbond substituents is 1. The van der Waals surface area contributed by atoms with E-state index in [0.29, 0.717) is 26.0 Å². The highest BCUT2D eigenvalue weighted by molar-refractivity contribution is 9.10. The van der Waals surface area contributed by atoms with Crippen molar-refractivity contribution in [3.05, 3.63) is 58.2 Å². The zero-order chi connectivity index (χ0) is 18.8. The molecule has 26 heavy (non-hydrogen) atoms. The quantitative estimate of drug-likeness (QED) is 0.482. The topological polar surface area (TPSA) is 74.5 Å². The summed E-state index contributed by atoms with van der Waals surface area (Å²) < 4.78 is 20.4. The molecule has 0 saturated heterocycles. The predicted octanol–water partition coefficient (Wildman–Crippen LogP) is 4.13. The van der Waals surface area contributed by atoms with Crippen LogP contribution in [0, 0.1) is 0 Å². The minimum atomic E-state index is -1.32. The first kappa shape index (κ1) is 18.8. The Labute approximate surface area is 162 Å². The van der Waals surface area contributed by atoms with Crippen molar-refractivity contribution in [3.8, 4) is 5.75 Å². The summed E-state index contributed by atoms with van der Waals surface area (Å²) in [6, 6.07) is 12.4. The number of rotatable bonds is 5. The molecule has 1 N–H and O–H groups in total. The number of carbonyl (C=O) groups is 1. The molecule has 0 aliphatic heterocycles. The van der Waals surface area contributed by atoms with Crippen LogP contribution in [-0.2, 0) is 28.7 Å². The summed E-state index contributed by atoms with van der Waals surface area (Å²) in [5.74, 6) is -0.286. The van der Waals surface area contributed by atoms with Gasteiger partial charge in [-0.1, -0.05) is 18.2 Å². The van der Waals surface area contributed by atoms with Gasteiger partial charge in [0.05, 0.1) is 27.9 Å². The van der Waals surface area contributed by atoms with E-state index >= 15 is 0 Å². The van der Waals surface area contributed by atoms with Crippen molar-refractivity contribution in [2.45, 2.75) is 17.6 Å². The van der Waals surface area contributed by atoms with Gasteiger partial charge in [0.2, 0.25) is 0 Å². The standard InChI is InChI=1S/C19H18BrNO4S/c1-3-25-19(23)18-13-9-17(22)14(20)10-15(13)21(2)16(18)11-26(24)12-7-5-4-6-8-12/h4-10,22H,3,11H2,1-2H3. The van der Waals surface area contributed by atoms with Crippen molar-refractivity contribution in [2.24, 2.45) is 7.05 Å². The smallest absolute Gasteiger partial charge is 0.340 e. The number of carbonyl (C=O) groups excluding carboxylic acids is 1. The Balaban J connectivity index is 2.15. The third kappa shape index (κ3) is 3.47. The Hall–Kier alpha value is -1.96. The molecule has 136 valence electrons. The maximum Gasteiger partial charge on any atom is 0.340 e. The van der Waals surface area contributed by atoms with Crippen molar-refractivity contribution < 1.29 is 19.2 Å². The third-order valence-electron chi connectivity index (χ3n) is 4.14. The SMILES string of the molecule is CCOC(=O)c1c(C[S+]([O-])c2ccccc2)n(C)c2cc(Br)c(O)cc12. The predicted molar refractivity (Wildman–Crippen MR) is 105 cm³/mol. The second kappa shape index (κ2) is 7.73. The summed E-state index contributed by atoms with van der Waals surface area (Å²) in [5, 5.41) is 10.6. The second-order valence-electron chi connectivity index (χ2n) is 5.72. The number of hydrogen-bond donors (Lipinski definition) is 1. The first-order valence-electron chi connectivity index (χ1n) is 8.04. The third-order valence-corrected chi connectivity index (χ3v) is 6.11. The van der Waals surface area contributed by atoms with Crippen molar-refractivity contribution in [1.29, 1.82) is 0 Å². The summed E-state index contributed by atoms with van der Waals surface area (Å²) in [6.45, 7) is 1.97. The Morgan fingerprint density at radius 2 is 2.00 bits per heavy atom. The lowest BCUT2D eigenvalue weighted by Gasteiger charge is -2.12. The van der Waals surface area contributed by atoms with Gasteiger partial charge < -0.3 is 19.0 Å². The number of aromatic nitrogens is 1. The van der Waals surface area contributed by atoms with Crippen molar-refractivity contribution in [2.75, 3.05) is 6.61 Å². The van der Waals surface area contributed by atoms with Gasteiger partial charge in [-0.15, -0.1) is 0 Å². The van der Waals surface area contributed by atoms with Crippen LogP contribution >= 0.6 is 15.9 Å². The van der Waals surface area contributed by atoms with Gasteiger partial charge in [0.1, 0.15) is 5.75 Å². The molecular formula is C19H18BrNO4S. The monoisotopic (exact) mass is 435 g/mol. The largest absolute Gasteiger partial charge is 0.611 e. The summed E-state index contributed by atoms with van der Waals surface area (Å²) in [5.41, 5.74) is 1.70. The minimum absolute atomic E-state index is 0.0318. The fourth-order valence-corrected chi connectivity index (χ4v) is 4.42. The Morgan fingerprint density at radius 1 is 1.31 bits per heavy atom. The first-order valence-corrected chi connectivity index (χ1v) is 10.2. The lowest BCUT2D eigenvalue weighted by Crippen LogP contribution is -2.13. The van der Waals surface area contributed by atoms with Crippen LogP contribution in [0.2, 0.25) is 0 Å². The van der Waals surface area contributed by atoms with Crippen LogP contribution in [0.25, 0.3) is 10.9 Å². The molecule has 0 saturated carbocycles. The van der Waals surface area contributed by atoms with Crippen molar-refractivity contribution in [3.63, 3.8) is 0 Å². The number of halogens is 1. The van der Waals surface area contributed by atoms with E-state index in [0.717, 1.165) is 5.52 Å². The van der Waals surface area contributed by atoms with Crippen molar-refractivity contribution >= 4 is 44.0 Å².